The summed E-state index contributed by atoms with van der Waals surface area (Å²) in [4.78, 5) is 30.0. The predicted molar refractivity (Wildman–Crippen MR) is 94.4 cm³/mol. The van der Waals surface area contributed by atoms with E-state index in [1.54, 1.807) is 0 Å². The van der Waals surface area contributed by atoms with Crippen molar-refractivity contribution in [2.75, 3.05) is 26.2 Å². The van der Waals surface area contributed by atoms with E-state index in [1.165, 1.54) is 16.0 Å². The highest BCUT2D eigenvalue weighted by molar-refractivity contribution is 5.94. The van der Waals surface area contributed by atoms with Crippen molar-refractivity contribution in [1.29, 1.82) is 0 Å². The van der Waals surface area contributed by atoms with Crippen LogP contribution in [0, 0.1) is 6.92 Å². The van der Waals surface area contributed by atoms with E-state index in [0.717, 1.165) is 6.54 Å². The summed E-state index contributed by atoms with van der Waals surface area (Å²) in [5.41, 5.74) is 0.0184. The molecule has 144 valence electrons. The van der Waals surface area contributed by atoms with Crippen molar-refractivity contribution in [2.45, 2.75) is 19.6 Å². The van der Waals surface area contributed by atoms with Gasteiger partial charge in [-0.05, 0) is 18.6 Å². The van der Waals surface area contributed by atoms with Crippen LogP contribution in [0.4, 0.5) is 13.2 Å². The Bertz CT molecular complexity index is 884. The van der Waals surface area contributed by atoms with Gasteiger partial charge in [0.25, 0.3) is 11.5 Å². The fraction of sp³-hybridized carbons (Fsp3) is 0.368. The first-order chi connectivity index (χ1) is 12.7. The number of aromatic nitrogens is 1. The normalized spacial score (nSPS) is 15.8. The van der Waals surface area contributed by atoms with Crippen molar-refractivity contribution < 1.29 is 18.0 Å². The van der Waals surface area contributed by atoms with Crippen LogP contribution in [0.15, 0.2) is 41.3 Å². The highest BCUT2D eigenvalue weighted by Crippen LogP contribution is 2.28. The van der Waals surface area contributed by atoms with Crippen molar-refractivity contribution in [3.8, 4) is 0 Å². The SMILES string of the molecule is Cc1cccc(CN2CCN(C(=O)c3cc(C(F)(F)F)c[nH]c3=O)CC2)c1. The average molecular weight is 379 g/mol. The Balaban J connectivity index is 1.66. The number of amides is 1. The predicted octanol–water partition coefficient (Wildman–Crippen LogP) is 2.66. The molecule has 1 fully saturated rings. The summed E-state index contributed by atoms with van der Waals surface area (Å²) in [5.74, 6) is -0.669. The second-order valence-electron chi connectivity index (χ2n) is 6.69. The summed E-state index contributed by atoms with van der Waals surface area (Å²) in [6.45, 7) is 4.67. The lowest BCUT2D eigenvalue weighted by atomic mass is 10.1. The number of nitrogens with one attached hydrogen (secondary N) is 1. The molecule has 1 amide bonds. The molecule has 1 aliphatic heterocycles. The summed E-state index contributed by atoms with van der Waals surface area (Å²) in [5, 5.41) is 0. The molecule has 1 aromatic heterocycles. The van der Waals surface area contributed by atoms with E-state index in [2.05, 4.69) is 11.0 Å². The van der Waals surface area contributed by atoms with Crippen LogP contribution in [0.1, 0.15) is 27.0 Å². The Hall–Kier alpha value is -2.61. The Morgan fingerprint density at radius 2 is 1.85 bits per heavy atom. The van der Waals surface area contributed by atoms with Gasteiger partial charge in [-0.1, -0.05) is 29.8 Å². The molecule has 0 atom stereocenters. The summed E-state index contributed by atoms with van der Waals surface area (Å²) < 4.78 is 38.5. The lowest BCUT2D eigenvalue weighted by molar-refractivity contribution is -0.137. The van der Waals surface area contributed by atoms with Gasteiger partial charge in [0.1, 0.15) is 5.56 Å². The molecule has 8 heteroatoms. The molecule has 27 heavy (non-hydrogen) atoms. The Kier molecular flexibility index (Phi) is 5.36. The van der Waals surface area contributed by atoms with Gasteiger partial charge in [0.05, 0.1) is 5.56 Å². The molecule has 0 aliphatic carbocycles. The first-order valence-corrected chi connectivity index (χ1v) is 8.61. The van der Waals surface area contributed by atoms with Crippen LogP contribution in [0.25, 0.3) is 0 Å². The van der Waals surface area contributed by atoms with E-state index in [9.17, 15) is 22.8 Å². The van der Waals surface area contributed by atoms with E-state index in [-0.39, 0.29) is 0 Å². The topological polar surface area (TPSA) is 56.4 Å². The summed E-state index contributed by atoms with van der Waals surface area (Å²) in [6, 6.07) is 8.77. The fourth-order valence-electron chi connectivity index (χ4n) is 3.15. The molecule has 0 saturated carbocycles. The number of alkyl halides is 3. The van der Waals surface area contributed by atoms with Crippen LogP contribution < -0.4 is 5.56 Å². The minimum absolute atomic E-state index is 0.361. The molecule has 1 saturated heterocycles. The molecule has 1 aromatic carbocycles. The molecule has 0 unspecified atom stereocenters. The number of hydrogen-bond donors (Lipinski definition) is 1. The quantitative estimate of drug-likeness (QED) is 0.892. The number of piperazine rings is 1. The van der Waals surface area contributed by atoms with Gasteiger partial charge in [-0.2, -0.15) is 13.2 Å². The lowest BCUT2D eigenvalue weighted by Gasteiger charge is -2.34. The Morgan fingerprint density at radius 1 is 1.15 bits per heavy atom. The molecule has 3 rings (SSSR count). The minimum Gasteiger partial charge on any atom is -0.336 e. The third kappa shape index (κ3) is 4.57. The number of aromatic amines is 1. The number of carbonyl (C=O) groups excluding carboxylic acids is 1. The maximum Gasteiger partial charge on any atom is 0.417 e. The van der Waals surface area contributed by atoms with Crippen molar-refractivity contribution in [3.05, 3.63) is 69.1 Å². The lowest BCUT2D eigenvalue weighted by Crippen LogP contribution is -2.49. The van der Waals surface area contributed by atoms with Crippen molar-refractivity contribution in [1.82, 2.24) is 14.8 Å². The zero-order chi connectivity index (χ0) is 19.6. The van der Waals surface area contributed by atoms with E-state index >= 15 is 0 Å². The second-order valence-corrected chi connectivity index (χ2v) is 6.69. The van der Waals surface area contributed by atoms with Gasteiger partial charge in [-0.25, -0.2) is 0 Å². The summed E-state index contributed by atoms with van der Waals surface area (Å²) >= 11 is 0. The minimum atomic E-state index is -4.62. The van der Waals surface area contributed by atoms with Gasteiger partial charge >= 0.3 is 6.18 Å². The van der Waals surface area contributed by atoms with Crippen molar-refractivity contribution >= 4 is 5.91 Å². The molecule has 1 aliphatic rings. The maximum absolute atomic E-state index is 12.8. The van der Waals surface area contributed by atoms with Crippen molar-refractivity contribution in [2.24, 2.45) is 0 Å². The third-order valence-electron chi connectivity index (χ3n) is 4.61. The number of pyridine rings is 1. The first kappa shape index (κ1) is 19.2. The summed E-state index contributed by atoms with van der Waals surface area (Å²) in [7, 11) is 0. The van der Waals surface area contributed by atoms with Gasteiger partial charge in [0.2, 0.25) is 0 Å². The summed E-state index contributed by atoms with van der Waals surface area (Å²) in [6.07, 6.45) is -4.04. The van der Waals surface area contributed by atoms with Crippen LogP contribution in [0.5, 0.6) is 0 Å². The van der Waals surface area contributed by atoms with E-state index in [1.807, 2.05) is 30.1 Å². The largest absolute Gasteiger partial charge is 0.417 e. The fourth-order valence-corrected chi connectivity index (χ4v) is 3.15. The number of hydrogen-bond acceptors (Lipinski definition) is 3. The van der Waals surface area contributed by atoms with Gasteiger partial charge < -0.3 is 9.88 Å². The van der Waals surface area contributed by atoms with Gasteiger partial charge in [-0.15, -0.1) is 0 Å². The highest BCUT2D eigenvalue weighted by atomic mass is 19.4. The van der Waals surface area contributed by atoms with Gasteiger partial charge in [0.15, 0.2) is 0 Å². The molecule has 2 heterocycles. The Morgan fingerprint density at radius 3 is 2.48 bits per heavy atom. The molecular weight excluding hydrogens is 359 g/mol. The Labute approximate surface area is 154 Å². The molecule has 0 radical (unpaired) electrons. The number of halogens is 3. The van der Waals surface area contributed by atoms with Crippen LogP contribution in [0.2, 0.25) is 0 Å². The second kappa shape index (κ2) is 7.56. The van der Waals surface area contributed by atoms with Gasteiger partial charge in [0, 0.05) is 38.9 Å². The maximum atomic E-state index is 12.8. The molecular formula is C19H20F3N3O2. The van der Waals surface area contributed by atoms with E-state index < -0.39 is 28.8 Å². The van der Waals surface area contributed by atoms with Crippen LogP contribution in [-0.2, 0) is 12.7 Å². The highest BCUT2D eigenvalue weighted by Gasteiger charge is 2.33. The zero-order valence-corrected chi connectivity index (χ0v) is 14.8. The third-order valence-corrected chi connectivity index (χ3v) is 4.61. The smallest absolute Gasteiger partial charge is 0.336 e. The van der Waals surface area contributed by atoms with Crippen LogP contribution >= 0.6 is 0 Å². The molecule has 2 aromatic rings. The zero-order valence-electron chi connectivity index (χ0n) is 14.8. The molecule has 0 bridgehead atoms. The molecule has 5 nitrogen and oxygen atoms in total. The number of H-pyrrole nitrogens is 1. The van der Waals surface area contributed by atoms with Crippen molar-refractivity contribution in [3.63, 3.8) is 0 Å². The van der Waals surface area contributed by atoms with Gasteiger partial charge in [-0.3, -0.25) is 14.5 Å². The van der Waals surface area contributed by atoms with Crippen LogP contribution in [-0.4, -0.2) is 46.9 Å². The number of benzene rings is 1. The number of carbonyl (C=O) groups is 1. The number of aryl methyl sites for hydroxylation is 1. The number of nitrogens with zero attached hydrogens (tertiary/aromatic N) is 2. The molecule has 1 N–H and O–H groups in total. The monoisotopic (exact) mass is 379 g/mol. The van der Waals surface area contributed by atoms with E-state index in [0.29, 0.717) is 38.4 Å². The average Bonchev–Trinajstić information content (AvgIpc) is 2.61. The first-order valence-electron chi connectivity index (χ1n) is 8.61. The molecule has 0 spiro atoms. The number of rotatable bonds is 3. The standard InChI is InChI=1S/C19H20F3N3O2/c1-13-3-2-4-14(9-13)12-24-5-7-25(8-6-24)18(27)16-10-15(19(20,21)22)11-23-17(16)26/h2-4,9-11H,5-8,12H2,1H3,(H,23,26). The van der Waals surface area contributed by atoms with E-state index in [4.69, 9.17) is 0 Å². The van der Waals surface area contributed by atoms with Crippen LogP contribution in [0.3, 0.4) is 0 Å².